The summed E-state index contributed by atoms with van der Waals surface area (Å²) in [5.74, 6) is -1.25. The Balaban J connectivity index is 2.38. The molecule has 0 fully saturated rings. The fraction of sp³-hybridized carbons (Fsp3) is 0.214. The number of rotatable bonds is 6. The number of aryl methyl sites for hydroxylation is 1. The summed E-state index contributed by atoms with van der Waals surface area (Å²) in [6.45, 7) is 0. The van der Waals surface area contributed by atoms with E-state index in [2.05, 4.69) is 0 Å². The molecular weight excluding hydrogens is 295 g/mol. The van der Waals surface area contributed by atoms with Crippen molar-refractivity contribution in [3.8, 4) is 0 Å². The van der Waals surface area contributed by atoms with Crippen LogP contribution in [0.4, 0.5) is 0 Å². The molecule has 1 heterocycles. The highest BCUT2D eigenvalue weighted by Crippen LogP contribution is 2.48. The van der Waals surface area contributed by atoms with E-state index in [-0.39, 0.29) is 6.42 Å². The van der Waals surface area contributed by atoms with Gasteiger partial charge in [0.15, 0.2) is 5.16 Å². The van der Waals surface area contributed by atoms with Gasteiger partial charge in [-0.3, -0.25) is 9.36 Å². The maximum atomic E-state index is 11.8. The van der Waals surface area contributed by atoms with Crippen molar-refractivity contribution in [2.24, 2.45) is 0 Å². The fourth-order valence-electron chi connectivity index (χ4n) is 2.19. The number of hydrogen-bond acceptors (Lipinski definition) is 3. The SMILES string of the molecule is O=C(O)C(CCc1ccsc1)(c1ccccc1)[PH](=O)O. The second kappa shape index (κ2) is 6.35. The molecule has 2 aromatic rings. The van der Waals surface area contributed by atoms with Gasteiger partial charge in [-0.25, -0.2) is 0 Å². The van der Waals surface area contributed by atoms with Crippen molar-refractivity contribution in [2.45, 2.75) is 18.0 Å². The number of carbonyl (C=O) groups is 1. The minimum absolute atomic E-state index is 0.109. The van der Waals surface area contributed by atoms with E-state index in [1.807, 2.05) is 16.8 Å². The summed E-state index contributed by atoms with van der Waals surface area (Å²) in [6.07, 6.45) is 0.568. The van der Waals surface area contributed by atoms with Crippen LogP contribution in [0.1, 0.15) is 17.5 Å². The molecule has 0 aliphatic rings. The molecule has 2 unspecified atom stereocenters. The average molecular weight is 310 g/mol. The topological polar surface area (TPSA) is 74.6 Å². The van der Waals surface area contributed by atoms with Crippen LogP contribution in [0.2, 0.25) is 0 Å². The first-order valence-electron chi connectivity index (χ1n) is 6.11. The van der Waals surface area contributed by atoms with E-state index in [1.165, 1.54) is 11.3 Å². The molecule has 0 bridgehead atoms. The molecule has 1 aromatic carbocycles. The van der Waals surface area contributed by atoms with Gasteiger partial charge in [0.05, 0.1) is 0 Å². The van der Waals surface area contributed by atoms with Crippen LogP contribution >= 0.6 is 19.4 Å². The van der Waals surface area contributed by atoms with Gasteiger partial charge in [0.1, 0.15) is 0 Å². The van der Waals surface area contributed by atoms with Crippen LogP contribution in [0.3, 0.4) is 0 Å². The zero-order chi connectivity index (χ0) is 14.6. The Bertz CT molecular complexity index is 581. The van der Waals surface area contributed by atoms with Crippen LogP contribution in [0.25, 0.3) is 0 Å². The Labute approximate surface area is 121 Å². The van der Waals surface area contributed by atoms with E-state index in [0.717, 1.165) is 5.56 Å². The van der Waals surface area contributed by atoms with Crippen molar-refractivity contribution in [2.75, 3.05) is 0 Å². The third-order valence-electron chi connectivity index (χ3n) is 3.37. The van der Waals surface area contributed by atoms with Gasteiger partial charge in [0.2, 0.25) is 8.03 Å². The summed E-state index contributed by atoms with van der Waals surface area (Å²) in [4.78, 5) is 21.4. The first-order chi connectivity index (χ1) is 9.57. The van der Waals surface area contributed by atoms with Gasteiger partial charge in [-0.2, -0.15) is 11.3 Å². The number of hydrogen-bond donors (Lipinski definition) is 2. The molecule has 1 aromatic heterocycles. The van der Waals surface area contributed by atoms with Gasteiger partial charge in [-0.1, -0.05) is 30.3 Å². The molecule has 106 valence electrons. The summed E-state index contributed by atoms with van der Waals surface area (Å²) < 4.78 is 11.8. The normalized spacial score (nSPS) is 15.4. The molecule has 20 heavy (non-hydrogen) atoms. The van der Waals surface area contributed by atoms with E-state index in [4.69, 9.17) is 0 Å². The predicted octanol–water partition coefficient (Wildman–Crippen LogP) is 3.13. The maximum Gasteiger partial charge on any atom is 0.323 e. The maximum absolute atomic E-state index is 11.8. The van der Waals surface area contributed by atoms with Crippen LogP contribution in [-0.2, 0) is 20.9 Å². The molecule has 0 aliphatic carbocycles. The van der Waals surface area contributed by atoms with Crippen molar-refractivity contribution in [1.82, 2.24) is 0 Å². The molecule has 0 aliphatic heterocycles. The van der Waals surface area contributed by atoms with E-state index in [0.29, 0.717) is 12.0 Å². The van der Waals surface area contributed by atoms with Gasteiger partial charge >= 0.3 is 5.97 Å². The highest BCUT2D eigenvalue weighted by Gasteiger charge is 2.45. The van der Waals surface area contributed by atoms with Gasteiger partial charge in [0.25, 0.3) is 0 Å². The molecule has 2 N–H and O–H groups in total. The summed E-state index contributed by atoms with van der Waals surface area (Å²) in [6, 6.07) is 10.2. The van der Waals surface area contributed by atoms with Crippen LogP contribution in [0.5, 0.6) is 0 Å². The standard InChI is InChI=1S/C14H15O4PS/c15-13(16)14(19(17)18,12-4-2-1-3-5-12)8-6-11-7-9-20-10-11/h1-5,7,9-10,19H,6,8H2,(H,15,16)(H,17,18). The number of carboxylic acids is 1. The minimum Gasteiger partial charge on any atom is -0.480 e. The summed E-state index contributed by atoms with van der Waals surface area (Å²) >= 11 is 1.52. The van der Waals surface area contributed by atoms with E-state index >= 15 is 0 Å². The molecule has 0 radical (unpaired) electrons. The second-order valence-electron chi connectivity index (χ2n) is 4.51. The van der Waals surface area contributed by atoms with Gasteiger partial charge < -0.3 is 10.00 Å². The molecule has 0 saturated heterocycles. The third kappa shape index (κ3) is 2.85. The zero-order valence-corrected chi connectivity index (χ0v) is 12.5. The first-order valence-corrected chi connectivity index (χ1v) is 8.40. The molecule has 2 rings (SSSR count). The highest BCUT2D eigenvalue weighted by molar-refractivity contribution is 7.41. The van der Waals surface area contributed by atoms with Crippen LogP contribution in [-0.4, -0.2) is 16.0 Å². The van der Waals surface area contributed by atoms with Gasteiger partial charge in [0, 0.05) is 0 Å². The van der Waals surface area contributed by atoms with Crippen LogP contribution in [0, 0.1) is 0 Å². The second-order valence-corrected chi connectivity index (χ2v) is 6.76. The van der Waals surface area contributed by atoms with Gasteiger partial charge in [-0.15, -0.1) is 0 Å². The number of thiophene rings is 1. The Morgan fingerprint density at radius 3 is 2.45 bits per heavy atom. The Morgan fingerprint density at radius 2 is 1.95 bits per heavy atom. The predicted molar refractivity (Wildman–Crippen MR) is 79.6 cm³/mol. The number of benzene rings is 1. The minimum atomic E-state index is -3.28. The van der Waals surface area contributed by atoms with Crippen molar-refractivity contribution in [3.63, 3.8) is 0 Å². The molecular formula is C14H15O4PS. The van der Waals surface area contributed by atoms with Crippen LogP contribution < -0.4 is 0 Å². The van der Waals surface area contributed by atoms with E-state index in [1.54, 1.807) is 30.3 Å². The first kappa shape index (κ1) is 15.0. The van der Waals surface area contributed by atoms with Crippen LogP contribution in [0.15, 0.2) is 47.2 Å². The molecule has 0 spiro atoms. The monoisotopic (exact) mass is 310 g/mol. The number of carboxylic acid groups (broad SMARTS) is 1. The molecule has 2 atom stereocenters. The Morgan fingerprint density at radius 1 is 1.25 bits per heavy atom. The van der Waals surface area contributed by atoms with Gasteiger partial charge in [-0.05, 0) is 40.8 Å². The zero-order valence-electron chi connectivity index (χ0n) is 10.7. The Hall–Kier alpha value is -1.42. The lowest BCUT2D eigenvalue weighted by Gasteiger charge is -2.26. The molecule has 6 heteroatoms. The quantitative estimate of drug-likeness (QED) is 0.804. The Kier molecular flexibility index (Phi) is 4.76. The van der Waals surface area contributed by atoms with Crippen molar-refractivity contribution >= 4 is 25.3 Å². The largest absolute Gasteiger partial charge is 0.480 e. The lowest BCUT2D eigenvalue weighted by Crippen LogP contribution is -2.32. The van der Waals surface area contributed by atoms with Crippen molar-refractivity contribution in [3.05, 3.63) is 58.3 Å². The number of aliphatic carboxylic acids is 1. The average Bonchev–Trinajstić information content (AvgIpc) is 2.93. The summed E-state index contributed by atoms with van der Waals surface area (Å²) in [5.41, 5.74) is 1.37. The van der Waals surface area contributed by atoms with Crippen molar-refractivity contribution < 1.29 is 19.4 Å². The fourth-order valence-corrected chi connectivity index (χ4v) is 3.82. The lowest BCUT2D eigenvalue weighted by atomic mass is 9.92. The smallest absolute Gasteiger partial charge is 0.323 e. The molecule has 4 nitrogen and oxygen atoms in total. The summed E-state index contributed by atoms with van der Waals surface area (Å²) in [7, 11) is -3.28. The van der Waals surface area contributed by atoms with E-state index < -0.39 is 19.2 Å². The molecule has 0 amide bonds. The third-order valence-corrected chi connectivity index (χ3v) is 5.58. The lowest BCUT2D eigenvalue weighted by molar-refractivity contribution is -0.140. The van der Waals surface area contributed by atoms with Crippen molar-refractivity contribution in [1.29, 1.82) is 0 Å². The van der Waals surface area contributed by atoms with E-state index in [9.17, 15) is 19.4 Å². The highest BCUT2D eigenvalue weighted by atomic mass is 32.1. The molecule has 0 saturated carbocycles. The summed E-state index contributed by atoms with van der Waals surface area (Å²) in [5, 5.41) is 11.7.